The van der Waals surface area contributed by atoms with Gasteiger partial charge in [-0.15, -0.1) is 0 Å². The van der Waals surface area contributed by atoms with Crippen molar-refractivity contribution in [2.24, 2.45) is 0 Å². The van der Waals surface area contributed by atoms with E-state index in [1.54, 1.807) is 0 Å². The molecular weight excluding hydrogens is 273 g/mol. The Morgan fingerprint density at radius 3 is 2.41 bits per heavy atom. The predicted molar refractivity (Wildman–Crippen MR) is 76.4 cm³/mol. The van der Waals surface area contributed by atoms with Crippen LogP contribution < -0.4 is 14.7 Å². The van der Waals surface area contributed by atoms with Crippen molar-refractivity contribution in [2.75, 3.05) is 5.73 Å². The summed E-state index contributed by atoms with van der Waals surface area (Å²) in [6.45, 7) is 4.29. The molecule has 0 saturated carbocycles. The van der Waals surface area contributed by atoms with Crippen molar-refractivity contribution >= 4 is 29.6 Å². The third-order valence-corrected chi connectivity index (χ3v) is 5.00. The van der Waals surface area contributed by atoms with E-state index in [4.69, 9.17) is 5.73 Å². The van der Waals surface area contributed by atoms with Gasteiger partial charge < -0.3 is 0 Å². The summed E-state index contributed by atoms with van der Waals surface area (Å²) in [5, 5.41) is 0. The summed E-state index contributed by atoms with van der Waals surface area (Å²) >= 11 is 0.308. The molecule has 0 unspecified atom stereocenters. The van der Waals surface area contributed by atoms with E-state index in [-0.39, 0.29) is 0 Å². The van der Waals surface area contributed by atoms with Crippen LogP contribution in [-0.4, -0.2) is 15.0 Å². The Labute approximate surface area is 109 Å². The maximum absolute atomic E-state index is 6.04. The van der Waals surface area contributed by atoms with Crippen molar-refractivity contribution in [1.29, 1.82) is 0 Å². The van der Waals surface area contributed by atoms with Gasteiger partial charge in [0.05, 0.1) is 0 Å². The summed E-state index contributed by atoms with van der Waals surface area (Å²) in [7, 11) is 0. The van der Waals surface area contributed by atoms with Gasteiger partial charge in [0.1, 0.15) is 0 Å². The van der Waals surface area contributed by atoms with E-state index in [0.29, 0.717) is 15.0 Å². The first-order valence-corrected chi connectivity index (χ1v) is 7.53. The van der Waals surface area contributed by atoms with Crippen molar-refractivity contribution in [1.82, 2.24) is 0 Å². The van der Waals surface area contributed by atoms with Crippen LogP contribution >= 0.6 is 0 Å². The van der Waals surface area contributed by atoms with E-state index in [2.05, 4.69) is 50.2 Å². The Balaban J connectivity index is 2.25. The zero-order valence-corrected chi connectivity index (χ0v) is 11.9. The third-order valence-electron chi connectivity index (χ3n) is 2.74. The predicted octanol–water partition coefficient (Wildman–Crippen LogP) is 1.79. The molecule has 0 bridgehead atoms. The molecule has 0 spiro atoms. The molecule has 0 amide bonds. The van der Waals surface area contributed by atoms with Gasteiger partial charge in [0.25, 0.3) is 0 Å². The van der Waals surface area contributed by atoms with E-state index >= 15 is 0 Å². The van der Waals surface area contributed by atoms with Crippen LogP contribution in [0.1, 0.15) is 18.1 Å². The molecule has 2 N–H and O–H groups in total. The molecule has 0 aliphatic heterocycles. The monoisotopic (exact) mass is 291 g/mol. The number of hydrogen-bond donors (Lipinski definition) is 1. The Kier molecular flexibility index (Phi) is 3.88. The van der Waals surface area contributed by atoms with Crippen LogP contribution in [0.15, 0.2) is 42.5 Å². The van der Waals surface area contributed by atoms with Gasteiger partial charge in [-0.1, -0.05) is 0 Å². The molecule has 17 heavy (non-hydrogen) atoms. The Morgan fingerprint density at radius 2 is 1.76 bits per heavy atom. The number of aryl methyl sites for hydroxylation is 2. The normalized spacial score (nSPS) is 10.5. The summed E-state index contributed by atoms with van der Waals surface area (Å²) in [6, 6.07) is 15.1. The average molecular weight is 290 g/mol. The van der Waals surface area contributed by atoms with E-state index in [0.717, 1.165) is 12.1 Å². The van der Waals surface area contributed by atoms with E-state index in [9.17, 15) is 0 Å². The summed E-state index contributed by atoms with van der Waals surface area (Å²) < 4.78 is 2.67. The first-order chi connectivity index (χ1) is 8.19. The summed E-state index contributed by atoms with van der Waals surface area (Å²) in [5.41, 5.74) is 9.63. The molecule has 88 valence electrons. The van der Waals surface area contributed by atoms with Crippen molar-refractivity contribution in [3.8, 4) is 0 Å². The molecule has 2 aromatic carbocycles. The van der Waals surface area contributed by atoms with Gasteiger partial charge in [-0.25, -0.2) is 0 Å². The van der Waals surface area contributed by atoms with Gasteiger partial charge in [-0.05, 0) is 0 Å². The summed E-state index contributed by atoms with van der Waals surface area (Å²) in [6.07, 6.45) is 1.07. The Bertz CT molecular complexity index is 503. The molecular formula is C15H17NSe. The number of benzene rings is 2. The molecule has 0 saturated heterocycles. The Hall–Kier alpha value is -1.24. The third kappa shape index (κ3) is 3.12. The van der Waals surface area contributed by atoms with Crippen LogP contribution in [0.2, 0.25) is 0 Å². The van der Waals surface area contributed by atoms with Crippen molar-refractivity contribution in [2.45, 2.75) is 20.3 Å². The Morgan fingerprint density at radius 1 is 1.06 bits per heavy atom. The number of anilines is 1. The number of rotatable bonds is 3. The molecule has 2 aromatic rings. The van der Waals surface area contributed by atoms with E-state index < -0.39 is 0 Å². The molecule has 0 radical (unpaired) electrons. The van der Waals surface area contributed by atoms with Crippen LogP contribution in [0.5, 0.6) is 0 Å². The fourth-order valence-corrected chi connectivity index (χ4v) is 3.56. The second-order valence-electron chi connectivity index (χ2n) is 4.14. The second kappa shape index (κ2) is 5.39. The second-order valence-corrected chi connectivity index (χ2v) is 6.48. The molecule has 0 atom stereocenters. The molecule has 2 rings (SSSR count). The van der Waals surface area contributed by atoms with Gasteiger partial charge in [0.2, 0.25) is 0 Å². The standard InChI is InChI=1S/C15H17NSe/c1-3-12-6-9-14(16)15(10-12)17-13-7-4-11(2)5-8-13/h4-10H,3,16H2,1-2H3. The van der Waals surface area contributed by atoms with Gasteiger partial charge in [0.15, 0.2) is 0 Å². The minimum absolute atomic E-state index is 0.308. The molecule has 2 heteroatoms. The molecule has 0 fully saturated rings. The zero-order chi connectivity index (χ0) is 12.3. The van der Waals surface area contributed by atoms with E-state index in [1.807, 2.05) is 6.07 Å². The topological polar surface area (TPSA) is 26.0 Å². The van der Waals surface area contributed by atoms with Crippen LogP contribution in [-0.2, 0) is 6.42 Å². The van der Waals surface area contributed by atoms with Crippen LogP contribution in [0, 0.1) is 6.92 Å². The van der Waals surface area contributed by atoms with Crippen LogP contribution in [0.25, 0.3) is 0 Å². The summed E-state index contributed by atoms with van der Waals surface area (Å²) in [5.74, 6) is 0. The van der Waals surface area contributed by atoms with Crippen molar-refractivity contribution in [3.63, 3.8) is 0 Å². The quantitative estimate of drug-likeness (QED) is 0.677. The molecule has 1 nitrogen and oxygen atoms in total. The SMILES string of the molecule is CCc1ccc(N)c([Se]c2ccc(C)cc2)c1. The number of nitrogen functional groups attached to an aromatic ring is 1. The number of hydrogen-bond acceptors (Lipinski definition) is 1. The maximum atomic E-state index is 6.04. The van der Waals surface area contributed by atoms with Gasteiger partial charge in [-0.2, -0.15) is 0 Å². The fourth-order valence-electron chi connectivity index (χ4n) is 1.62. The van der Waals surface area contributed by atoms with Gasteiger partial charge in [0, 0.05) is 0 Å². The number of nitrogens with two attached hydrogens (primary N) is 1. The van der Waals surface area contributed by atoms with Gasteiger partial charge in [-0.3, -0.25) is 0 Å². The molecule has 0 aliphatic rings. The van der Waals surface area contributed by atoms with Crippen molar-refractivity contribution in [3.05, 3.63) is 53.6 Å². The van der Waals surface area contributed by atoms with Crippen molar-refractivity contribution < 1.29 is 0 Å². The van der Waals surface area contributed by atoms with Crippen LogP contribution in [0.4, 0.5) is 5.69 Å². The molecule has 0 aromatic heterocycles. The summed E-state index contributed by atoms with van der Waals surface area (Å²) in [4.78, 5) is 0. The zero-order valence-electron chi connectivity index (χ0n) is 10.2. The molecule has 0 aliphatic carbocycles. The van der Waals surface area contributed by atoms with E-state index in [1.165, 1.54) is 20.1 Å². The van der Waals surface area contributed by atoms with Gasteiger partial charge >= 0.3 is 109 Å². The average Bonchev–Trinajstić information content (AvgIpc) is 2.35. The first kappa shape index (κ1) is 12.2. The first-order valence-electron chi connectivity index (χ1n) is 5.82. The minimum atomic E-state index is 0.308. The fraction of sp³-hybridized carbons (Fsp3) is 0.200. The molecule has 0 heterocycles. The van der Waals surface area contributed by atoms with Crippen LogP contribution in [0.3, 0.4) is 0 Å².